The molecule has 2 unspecified atom stereocenters. The molecule has 0 bridgehead atoms. The standard InChI is InChI=1S/C13H15ClO3/c1-8-10(5-6-17-8)13(15)9-3-4-11(14)12(7-9)16-2/h3-4,7-8,10H,5-6H2,1-2H3. The highest BCUT2D eigenvalue weighted by atomic mass is 35.5. The Morgan fingerprint density at radius 1 is 1.53 bits per heavy atom. The fourth-order valence-corrected chi connectivity index (χ4v) is 2.30. The highest BCUT2D eigenvalue weighted by Crippen LogP contribution is 2.29. The Morgan fingerprint density at radius 2 is 2.29 bits per heavy atom. The minimum absolute atomic E-state index is 0.0100. The summed E-state index contributed by atoms with van der Waals surface area (Å²) >= 11 is 5.93. The fourth-order valence-electron chi connectivity index (χ4n) is 2.10. The van der Waals surface area contributed by atoms with Crippen molar-refractivity contribution in [1.29, 1.82) is 0 Å². The highest BCUT2D eigenvalue weighted by Gasteiger charge is 2.31. The predicted molar refractivity (Wildman–Crippen MR) is 65.9 cm³/mol. The van der Waals surface area contributed by atoms with Crippen LogP contribution in [0.4, 0.5) is 0 Å². The monoisotopic (exact) mass is 254 g/mol. The van der Waals surface area contributed by atoms with E-state index in [0.29, 0.717) is 22.9 Å². The lowest BCUT2D eigenvalue weighted by Gasteiger charge is -2.13. The zero-order valence-corrected chi connectivity index (χ0v) is 10.7. The van der Waals surface area contributed by atoms with Crippen molar-refractivity contribution in [2.24, 2.45) is 5.92 Å². The average Bonchev–Trinajstić information content (AvgIpc) is 2.75. The van der Waals surface area contributed by atoms with Crippen LogP contribution < -0.4 is 4.74 Å². The predicted octanol–water partition coefficient (Wildman–Crippen LogP) is 2.96. The summed E-state index contributed by atoms with van der Waals surface area (Å²) in [6, 6.07) is 5.11. The molecule has 0 aromatic heterocycles. The largest absolute Gasteiger partial charge is 0.495 e. The van der Waals surface area contributed by atoms with Crippen LogP contribution in [0.3, 0.4) is 0 Å². The van der Waals surface area contributed by atoms with Gasteiger partial charge in [0.1, 0.15) is 5.75 Å². The molecule has 2 atom stereocenters. The molecule has 0 amide bonds. The van der Waals surface area contributed by atoms with Crippen LogP contribution in [-0.4, -0.2) is 25.6 Å². The SMILES string of the molecule is COc1cc(C(=O)C2CCOC2C)ccc1Cl. The number of halogens is 1. The van der Waals surface area contributed by atoms with Gasteiger partial charge < -0.3 is 9.47 Å². The molecule has 1 aliphatic rings. The Balaban J connectivity index is 2.24. The molecule has 92 valence electrons. The molecule has 1 aliphatic heterocycles. The average molecular weight is 255 g/mol. The van der Waals surface area contributed by atoms with Gasteiger partial charge >= 0.3 is 0 Å². The normalized spacial score (nSPS) is 23.7. The summed E-state index contributed by atoms with van der Waals surface area (Å²) in [5.41, 5.74) is 0.633. The summed E-state index contributed by atoms with van der Waals surface area (Å²) < 4.78 is 10.5. The maximum atomic E-state index is 12.3. The van der Waals surface area contributed by atoms with E-state index in [1.54, 1.807) is 18.2 Å². The van der Waals surface area contributed by atoms with Gasteiger partial charge in [0.25, 0.3) is 0 Å². The Labute approximate surface area is 106 Å². The molecule has 1 heterocycles. The van der Waals surface area contributed by atoms with E-state index in [2.05, 4.69) is 0 Å². The number of carbonyl (C=O) groups is 1. The number of carbonyl (C=O) groups excluding carboxylic acids is 1. The van der Waals surface area contributed by atoms with Crippen molar-refractivity contribution in [3.8, 4) is 5.75 Å². The van der Waals surface area contributed by atoms with E-state index in [4.69, 9.17) is 21.1 Å². The first kappa shape index (κ1) is 12.4. The molecule has 0 spiro atoms. The lowest BCUT2D eigenvalue weighted by atomic mass is 9.92. The van der Waals surface area contributed by atoms with E-state index in [0.717, 1.165) is 6.42 Å². The maximum absolute atomic E-state index is 12.3. The molecular weight excluding hydrogens is 240 g/mol. The summed E-state index contributed by atoms with van der Waals surface area (Å²) in [6.07, 6.45) is 0.773. The summed E-state index contributed by atoms with van der Waals surface area (Å²) in [4.78, 5) is 12.3. The van der Waals surface area contributed by atoms with Gasteiger partial charge in [-0.05, 0) is 31.5 Å². The van der Waals surface area contributed by atoms with E-state index in [9.17, 15) is 4.79 Å². The van der Waals surface area contributed by atoms with E-state index in [-0.39, 0.29) is 17.8 Å². The van der Waals surface area contributed by atoms with E-state index >= 15 is 0 Å². The van der Waals surface area contributed by atoms with Crippen LogP contribution in [0.2, 0.25) is 5.02 Å². The van der Waals surface area contributed by atoms with Crippen molar-refractivity contribution in [3.05, 3.63) is 28.8 Å². The van der Waals surface area contributed by atoms with Gasteiger partial charge in [-0.15, -0.1) is 0 Å². The van der Waals surface area contributed by atoms with Gasteiger partial charge in [0, 0.05) is 12.2 Å². The van der Waals surface area contributed by atoms with Crippen molar-refractivity contribution in [3.63, 3.8) is 0 Å². The third-order valence-corrected chi connectivity index (χ3v) is 3.46. The molecule has 0 saturated carbocycles. The van der Waals surface area contributed by atoms with Gasteiger partial charge in [-0.25, -0.2) is 0 Å². The van der Waals surface area contributed by atoms with Crippen molar-refractivity contribution in [1.82, 2.24) is 0 Å². The quantitative estimate of drug-likeness (QED) is 0.778. The van der Waals surface area contributed by atoms with Crippen LogP contribution in [0.1, 0.15) is 23.7 Å². The molecule has 4 heteroatoms. The van der Waals surface area contributed by atoms with E-state index < -0.39 is 0 Å². The highest BCUT2D eigenvalue weighted by molar-refractivity contribution is 6.32. The lowest BCUT2D eigenvalue weighted by molar-refractivity contribution is 0.0764. The number of benzene rings is 1. The fraction of sp³-hybridized carbons (Fsp3) is 0.462. The van der Waals surface area contributed by atoms with Crippen LogP contribution in [0.15, 0.2) is 18.2 Å². The van der Waals surface area contributed by atoms with Gasteiger partial charge in [-0.2, -0.15) is 0 Å². The first-order chi connectivity index (χ1) is 8.13. The van der Waals surface area contributed by atoms with Gasteiger partial charge in [0.2, 0.25) is 0 Å². The Kier molecular flexibility index (Phi) is 3.69. The molecular formula is C13H15ClO3. The van der Waals surface area contributed by atoms with Crippen molar-refractivity contribution >= 4 is 17.4 Å². The second-order valence-corrected chi connectivity index (χ2v) is 4.59. The first-order valence-corrected chi connectivity index (χ1v) is 6.00. The molecule has 17 heavy (non-hydrogen) atoms. The number of hydrogen-bond acceptors (Lipinski definition) is 3. The molecule has 2 rings (SSSR count). The molecule has 0 radical (unpaired) electrons. The molecule has 3 nitrogen and oxygen atoms in total. The number of ether oxygens (including phenoxy) is 2. The number of rotatable bonds is 3. The number of ketones is 1. The third-order valence-electron chi connectivity index (χ3n) is 3.15. The second kappa shape index (κ2) is 5.07. The van der Waals surface area contributed by atoms with Gasteiger partial charge in [0.15, 0.2) is 5.78 Å². The molecule has 1 saturated heterocycles. The number of methoxy groups -OCH3 is 1. The summed E-state index contributed by atoms with van der Waals surface area (Å²) in [7, 11) is 1.54. The Bertz CT molecular complexity index is 431. The van der Waals surface area contributed by atoms with Gasteiger partial charge in [-0.3, -0.25) is 4.79 Å². The zero-order chi connectivity index (χ0) is 12.4. The smallest absolute Gasteiger partial charge is 0.168 e. The first-order valence-electron chi connectivity index (χ1n) is 5.63. The third kappa shape index (κ3) is 2.45. The lowest BCUT2D eigenvalue weighted by Crippen LogP contribution is -2.21. The second-order valence-electron chi connectivity index (χ2n) is 4.18. The van der Waals surface area contributed by atoms with Crippen molar-refractivity contribution < 1.29 is 14.3 Å². The topological polar surface area (TPSA) is 35.5 Å². The number of hydrogen-bond donors (Lipinski definition) is 0. The van der Waals surface area contributed by atoms with Crippen LogP contribution in [0.5, 0.6) is 5.75 Å². The summed E-state index contributed by atoms with van der Waals surface area (Å²) in [5, 5.41) is 0.514. The van der Waals surface area contributed by atoms with Crippen molar-refractivity contribution in [2.45, 2.75) is 19.4 Å². The number of Topliss-reactive ketones (excluding diaryl/α,β-unsaturated/α-hetero) is 1. The Hall–Kier alpha value is -1.06. The maximum Gasteiger partial charge on any atom is 0.168 e. The minimum Gasteiger partial charge on any atom is -0.495 e. The Morgan fingerprint density at radius 3 is 2.88 bits per heavy atom. The van der Waals surface area contributed by atoms with Crippen LogP contribution in [0.25, 0.3) is 0 Å². The summed E-state index contributed by atoms with van der Waals surface area (Å²) in [6.45, 7) is 2.59. The van der Waals surface area contributed by atoms with E-state index in [1.165, 1.54) is 7.11 Å². The van der Waals surface area contributed by atoms with Crippen molar-refractivity contribution in [2.75, 3.05) is 13.7 Å². The molecule has 1 aromatic carbocycles. The van der Waals surface area contributed by atoms with E-state index in [1.807, 2.05) is 6.92 Å². The van der Waals surface area contributed by atoms with Crippen LogP contribution >= 0.6 is 11.6 Å². The molecule has 0 aliphatic carbocycles. The van der Waals surface area contributed by atoms with Crippen LogP contribution in [0, 0.1) is 5.92 Å². The molecule has 1 aromatic rings. The van der Waals surface area contributed by atoms with Crippen LogP contribution in [-0.2, 0) is 4.74 Å². The van der Waals surface area contributed by atoms with Gasteiger partial charge in [0.05, 0.1) is 24.2 Å². The minimum atomic E-state index is -0.0547. The molecule has 0 N–H and O–H groups in total. The zero-order valence-electron chi connectivity index (χ0n) is 9.90. The van der Waals surface area contributed by atoms with Gasteiger partial charge in [-0.1, -0.05) is 11.6 Å². The molecule has 1 fully saturated rings. The summed E-state index contributed by atoms with van der Waals surface area (Å²) in [5.74, 6) is 0.579.